The summed E-state index contributed by atoms with van der Waals surface area (Å²) in [6, 6.07) is 2.62. The van der Waals surface area contributed by atoms with Gasteiger partial charge >= 0.3 is 6.03 Å². The summed E-state index contributed by atoms with van der Waals surface area (Å²) in [5.74, 6) is -1.19. The van der Waals surface area contributed by atoms with Gasteiger partial charge in [-0.05, 0) is 31.2 Å². The number of rotatable bonds is 4. The highest BCUT2D eigenvalue weighted by molar-refractivity contribution is 5.74. The maximum Gasteiger partial charge on any atom is 0.317 e. The molecule has 2 unspecified atom stereocenters. The number of aliphatic hydroxyl groups is 1. The Morgan fingerprint density at radius 2 is 2.27 bits per heavy atom. The number of piperidine rings is 1. The number of benzene rings is 1. The van der Waals surface area contributed by atoms with Gasteiger partial charge in [0.25, 0.3) is 0 Å². The van der Waals surface area contributed by atoms with Gasteiger partial charge in [0.05, 0.1) is 6.04 Å². The number of carbonyl (C=O) groups is 1. The summed E-state index contributed by atoms with van der Waals surface area (Å²) in [4.78, 5) is 14.0. The number of urea groups is 1. The molecule has 1 aliphatic rings. The summed E-state index contributed by atoms with van der Waals surface area (Å²) in [6.45, 7) is 3.03. The van der Waals surface area contributed by atoms with Crippen LogP contribution in [0, 0.1) is 17.6 Å². The molecule has 4 nitrogen and oxygen atoms in total. The lowest BCUT2D eigenvalue weighted by atomic mass is 9.99. The Balaban J connectivity index is 2.04. The first-order valence-electron chi connectivity index (χ1n) is 7.66. The monoisotopic (exact) mass is 312 g/mol. The Kier molecular flexibility index (Phi) is 5.71. The molecule has 1 aliphatic heterocycles. The molecule has 0 spiro atoms. The lowest BCUT2D eigenvalue weighted by molar-refractivity contribution is 0.127. The van der Waals surface area contributed by atoms with Gasteiger partial charge in [-0.2, -0.15) is 0 Å². The number of halogens is 2. The van der Waals surface area contributed by atoms with Crippen LogP contribution in [0.25, 0.3) is 0 Å². The number of nitrogens with one attached hydrogen (secondary N) is 1. The predicted molar refractivity (Wildman–Crippen MR) is 79.3 cm³/mol. The lowest BCUT2D eigenvalue weighted by Crippen LogP contribution is -2.47. The Bertz CT molecular complexity index is 525. The molecule has 0 radical (unpaired) electrons. The second-order valence-corrected chi connectivity index (χ2v) is 5.71. The predicted octanol–water partition coefficient (Wildman–Crippen LogP) is 2.83. The van der Waals surface area contributed by atoms with Crippen LogP contribution < -0.4 is 5.32 Å². The van der Waals surface area contributed by atoms with Crippen molar-refractivity contribution in [1.82, 2.24) is 10.2 Å². The normalized spacial score (nSPS) is 19.8. The fraction of sp³-hybridized carbons (Fsp3) is 0.562. The van der Waals surface area contributed by atoms with Gasteiger partial charge in [0.2, 0.25) is 0 Å². The van der Waals surface area contributed by atoms with Crippen molar-refractivity contribution in [3.05, 3.63) is 35.4 Å². The largest absolute Gasteiger partial charge is 0.396 e. The van der Waals surface area contributed by atoms with E-state index in [4.69, 9.17) is 0 Å². The van der Waals surface area contributed by atoms with Gasteiger partial charge in [0.1, 0.15) is 11.6 Å². The van der Waals surface area contributed by atoms with Crippen molar-refractivity contribution in [3.63, 3.8) is 0 Å². The first-order chi connectivity index (χ1) is 10.5. The van der Waals surface area contributed by atoms with Crippen LogP contribution >= 0.6 is 0 Å². The van der Waals surface area contributed by atoms with Crippen LogP contribution in [-0.2, 0) is 0 Å². The first-order valence-corrected chi connectivity index (χ1v) is 7.66. The molecule has 22 heavy (non-hydrogen) atoms. The molecule has 2 rings (SSSR count). The molecule has 2 atom stereocenters. The van der Waals surface area contributed by atoms with Crippen molar-refractivity contribution in [2.24, 2.45) is 5.92 Å². The van der Waals surface area contributed by atoms with Gasteiger partial charge < -0.3 is 15.3 Å². The standard InChI is InChI=1S/C16H22F2N2O2/c1-2-15(13-6-5-12(17)8-14(13)18)19-16(22)20-7-3-4-11(9-20)10-21/h5-6,8,11,15,21H,2-4,7,9-10H2,1H3,(H,19,22). The maximum absolute atomic E-state index is 13.9. The minimum atomic E-state index is -0.654. The number of amides is 2. The molecule has 1 aromatic carbocycles. The number of aliphatic hydroxyl groups excluding tert-OH is 1. The zero-order chi connectivity index (χ0) is 16.1. The van der Waals surface area contributed by atoms with Crippen molar-refractivity contribution in [2.45, 2.75) is 32.2 Å². The summed E-state index contributed by atoms with van der Waals surface area (Å²) in [5.41, 5.74) is 0.285. The van der Waals surface area contributed by atoms with E-state index in [1.165, 1.54) is 12.1 Å². The Morgan fingerprint density at radius 3 is 2.91 bits per heavy atom. The topological polar surface area (TPSA) is 52.6 Å². The third-order valence-electron chi connectivity index (χ3n) is 4.11. The molecule has 1 fully saturated rings. The Hall–Kier alpha value is -1.69. The summed E-state index contributed by atoms with van der Waals surface area (Å²) >= 11 is 0. The van der Waals surface area contributed by atoms with E-state index in [2.05, 4.69) is 5.32 Å². The van der Waals surface area contributed by atoms with Crippen LogP contribution in [-0.4, -0.2) is 35.7 Å². The van der Waals surface area contributed by atoms with Crippen molar-refractivity contribution < 1.29 is 18.7 Å². The van der Waals surface area contributed by atoms with E-state index < -0.39 is 17.7 Å². The van der Waals surface area contributed by atoms with Crippen molar-refractivity contribution in [2.75, 3.05) is 19.7 Å². The van der Waals surface area contributed by atoms with Crippen LogP contribution in [0.1, 0.15) is 37.8 Å². The Morgan fingerprint density at radius 1 is 1.50 bits per heavy atom. The summed E-state index contributed by atoms with van der Waals surface area (Å²) < 4.78 is 26.8. The van der Waals surface area contributed by atoms with Gasteiger partial charge in [-0.25, -0.2) is 13.6 Å². The SMILES string of the molecule is CCC(NC(=O)N1CCCC(CO)C1)c1ccc(F)cc1F. The van der Waals surface area contributed by atoms with Crippen LogP contribution in [0.2, 0.25) is 0 Å². The second-order valence-electron chi connectivity index (χ2n) is 5.71. The van der Waals surface area contributed by atoms with E-state index >= 15 is 0 Å². The molecule has 2 amide bonds. The molecule has 122 valence electrons. The molecule has 2 N–H and O–H groups in total. The van der Waals surface area contributed by atoms with E-state index in [0.29, 0.717) is 19.5 Å². The fourth-order valence-electron chi connectivity index (χ4n) is 2.82. The average molecular weight is 312 g/mol. The molecular weight excluding hydrogens is 290 g/mol. The molecule has 1 heterocycles. The summed E-state index contributed by atoms with van der Waals surface area (Å²) in [7, 11) is 0. The highest BCUT2D eigenvalue weighted by Gasteiger charge is 2.25. The molecule has 6 heteroatoms. The van der Waals surface area contributed by atoms with E-state index in [9.17, 15) is 18.7 Å². The van der Waals surface area contributed by atoms with E-state index in [0.717, 1.165) is 18.9 Å². The number of carbonyl (C=O) groups excluding carboxylic acids is 1. The number of likely N-dealkylation sites (tertiary alicyclic amines) is 1. The molecule has 0 aromatic heterocycles. The first kappa shape index (κ1) is 16.7. The van der Waals surface area contributed by atoms with Gasteiger partial charge in [-0.15, -0.1) is 0 Å². The van der Waals surface area contributed by atoms with Gasteiger partial charge in [0, 0.05) is 31.3 Å². The number of hydrogen-bond donors (Lipinski definition) is 2. The summed E-state index contributed by atoms with van der Waals surface area (Å²) in [6.07, 6.45) is 2.26. The lowest BCUT2D eigenvalue weighted by Gasteiger charge is -2.33. The van der Waals surface area contributed by atoms with Crippen molar-refractivity contribution in [1.29, 1.82) is 0 Å². The Labute approximate surface area is 129 Å². The quantitative estimate of drug-likeness (QED) is 0.898. The molecular formula is C16H22F2N2O2. The minimum Gasteiger partial charge on any atom is -0.396 e. The van der Waals surface area contributed by atoms with E-state index in [1.54, 1.807) is 4.90 Å². The third-order valence-corrected chi connectivity index (χ3v) is 4.11. The molecule has 0 bridgehead atoms. The summed E-state index contributed by atoms with van der Waals surface area (Å²) in [5, 5.41) is 12.0. The van der Waals surface area contributed by atoms with Crippen LogP contribution in [0.3, 0.4) is 0 Å². The smallest absolute Gasteiger partial charge is 0.317 e. The maximum atomic E-state index is 13.9. The van der Waals surface area contributed by atoms with Gasteiger partial charge in [-0.3, -0.25) is 0 Å². The zero-order valence-electron chi connectivity index (χ0n) is 12.7. The molecule has 1 aromatic rings. The molecule has 0 aliphatic carbocycles. The van der Waals surface area contributed by atoms with Gasteiger partial charge in [0.15, 0.2) is 0 Å². The minimum absolute atomic E-state index is 0.0631. The third kappa shape index (κ3) is 3.94. The van der Waals surface area contributed by atoms with Crippen LogP contribution in [0.4, 0.5) is 13.6 Å². The molecule has 1 saturated heterocycles. The highest BCUT2D eigenvalue weighted by Crippen LogP contribution is 2.22. The number of hydrogen-bond acceptors (Lipinski definition) is 2. The van der Waals surface area contributed by atoms with Crippen molar-refractivity contribution >= 4 is 6.03 Å². The van der Waals surface area contributed by atoms with Gasteiger partial charge in [-0.1, -0.05) is 13.0 Å². The number of nitrogens with zero attached hydrogens (tertiary/aromatic N) is 1. The second kappa shape index (κ2) is 7.54. The highest BCUT2D eigenvalue weighted by atomic mass is 19.1. The fourth-order valence-corrected chi connectivity index (χ4v) is 2.82. The average Bonchev–Trinajstić information content (AvgIpc) is 2.53. The van der Waals surface area contributed by atoms with E-state index in [1.807, 2.05) is 6.92 Å². The van der Waals surface area contributed by atoms with Crippen molar-refractivity contribution in [3.8, 4) is 0 Å². The molecule has 0 saturated carbocycles. The zero-order valence-corrected chi connectivity index (χ0v) is 12.7. The van der Waals surface area contributed by atoms with Crippen LogP contribution in [0.15, 0.2) is 18.2 Å². The van der Waals surface area contributed by atoms with Crippen LogP contribution in [0.5, 0.6) is 0 Å². The van der Waals surface area contributed by atoms with E-state index in [-0.39, 0.29) is 24.1 Å².